The van der Waals surface area contributed by atoms with E-state index in [0.717, 1.165) is 34.6 Å². The standard InChI is InChI=1S/C19H21ClN2O/c1-21-11-9-18(15-6-3-7-16(13-15)23-2)22-12-10-14-5-4-8-17(20)19(14)22/h3-8,10,12-13,18,21H,9,11H2,1-2H3. The average molecular weight is 329 g/mol. The first-order valence-corrected chi connectivity index (χ1v) is 8.16. The van der Waals surface area contributed by atoms with Gasteiger partial charge >= 0.3 is 0 Å². The molecule has 1 N–H and O–H groups in total. The van der Waals surface area contributed by atoms with E-state index in [-0.39, 0.29) is 6.04 Å². The highest BCUT2D eigenvalue weighted by Gasteiger charge is 2.17. The van der Waals surface area contributed by atoms with Crippen LogP contribution in [0.2, 0.25) is 5.02 Å². The fourth-order valence-corrected chi connectivity index (χ4v) is 3.31. The summed E-state index contributed by atoms with van der Waals surface area (Å²) in [5.74, 6) is 0.875. The molecule has 3 rings (SSSR count). The molecule has 1 aromatic heterocycles. The van der Waals surface area contributed by atoms with E-state index < -0.39 is 0 Å². The summed E-state index contributed by atoms with van der Waals surface area (Å²) in [6.07, 6.45) is 3.09. The van der Waals surface area contributed by atoms with Crippen LogP contribution in [0.4, 0.5) is 0 Å². The van der Waals surface area contributed by atoms with Gasteiger partial charge in [-0.15, -0.1) is 0 Å². The van der Waals surface area contributed by atoms with Crippen molar-refractivity contribution in [3.8, 4) is 5.75 Å². The van der Waals surface area contributed by atoms with E-state index in [0.29, 0.717) is 0 Å². The van der Waals surface area contributed by atoms with Crippen LogP contribution in [0.3, 0.4) is 0 Å². The molecule has 0 aliphatic heterocycles. The molecule has 0 aliphatic rings. The van der Waals surface area contributed by atoms with Gasteiger partial charge in [0.1, 0.15) is 5.75 Å². The zero-order chi connectivity index (χ0) is 16.2. The summed E-state index contributed by atoms with van der Waals surface area (Å²) in [7, 11) is 3.67. The van der Waals surface area contributed by atoms with Crippen molar-refractivity contribution in [3.05, 3.63) is 65.3 Å². The minimum absolute atomic E-state index is 0.204. The van der Waals surface area contributed by atoms with Crippen molar-refractivity contribution in [2.45, 2.75) is 12.5 Å². The van der Waals surface area contributed by atoms with Crippen LogP contribution in [0, 0.1) is 0 Å². The smallest absolute Gasteiger partial charge is 0.119 e. The van der Waals surface area contributed by atoms with Gasteiger partial charge in [0.15, 0.2) is 0 Å². The summed E-state index contributed by atoms with van der Waals surface area (Å²) in [6, 6.07) is 16.6. The van der Waals surface area contributed by atoms with Crippen molar-refractivity contribution in [2.24, 2.45) is 0 Å². The van der Waals surface area contributed by atoms with Crippen LogP contribution >= 0.6 is 11.6 Å². The van der Waals surface area contributed by atoms with Gasteiger partial charge in [-0.05, 0) is 49.8 Å². The largest absolute Gasteiger partial charge is 0.497 e. The predicted molar refractivity (Wildman–Crippen MR) is 96.6 cm³/mol. The third-order valence-corrected chi connectivity index (χ3v) is 4.48. The number of nitrogens with one attached hydrogen (secondary N) is 1. The van der Waals surface area contributed by atoms with Crippen molar-refractivity contribution in [1.82, 2.24) is 9.88 Å². The molecule has 0 radical (unpaired) electrons. The van der Waals surface area contributed by atoms with Crippen LogP contribution in [0.1, 0.15) is 18.0 Å². The van der Waals surface area contributed by atoms with E-state index in [4.69, 9.17) is 16.3 Å². The second kappa shape index (κ2) is 7.07. The normalized spacial score (nSPS) is 12.5. The Morgan fingerprint density at radius 1 is 1.17 bits per heavy atom. The van der Waals surface area contributed by atoms with E-state index in [9.17, 15) is 0 Å². The van der Waals surface area contributed by atoms with E-state index in [2.05, 4.69) is 40.3 Å². The van der Waals surface area contributed by atoms with E-state index in [1.54, 1.807) is 7.11 Å². The van der Waals surface area contributed by atoms with Crippen molar-refractivity contribution >= 4 is 22.5 Å². The van der Waals surface area contributed by atoms with Crippen LogP contribution in [0.5, 0.6) is 5.75 Å². The lowest BCUT2D eigenvalue weighted by Crippen LogP contribution is -2.17. The minimum Gasteiger partial charge on any atom is -0.497 e. The lowest BCUT2D eigenvalue weighted by molar-refractivity contribution is 0.413. The molecular weight excluding hydrogens is 308 g/mol. The number of hydrogen-bond donors (Lipinski definition) is 1. The first kappa shape index (κ1) is 15.9. The van der Waals surface area contributed by atoms with Gasteiger partial charge in [0.2, 0.25) is 0 Å². The molecular formula is C19H21ClN2O. The molecule has 0 fully saturated rings. The summed E-state index contributed by atoms with van der Waals surface area (Å²) in [5, 5.41) is 5.19. The lowest BCUT2D eigenvalue weighted by Gasteiger charge is -2.22. The van der Waals surface area contributed by atoms with Crippen LogP contribution in [-0.2, 0) is 0 Å². The summed E-state index contributed by atoms with van der Waals surface area (Å²) >= 11 is 6.47. The molecule has 2 aromatic carbocycles. The number of methoxy groups -OCH3 is 1. The highest BCUT2D eigenvalue weighted by Crippen LogP contribution is 2.32. The zero-order valence-electron chi connectivity index (χ0n) is 13.4. The number of rotatable bonds is 6. The first-order chi connectivity index (χ1) is 11.2. The Morgan fingerprint density at radius 3 is 2.78 bits per heavy atom. The van der Waals surface area contributed by atoms with E-state index in [1.807, 2.05) is 31.3 Å². The highest BCUT2D eigenvalue weighted by atomic mass is 35.5. The summed E-state index contributed by atoms with van der Waals surface area (Å²) in [4.78, 5) is 0. The molecule has 3 nitrogen and oxygen atoms in total. The molecule has 1 heterocycles. The quantitative estimate of drug-likeness (QED) is 0.721. The third-order valence-electron chi connectivity index (χ3n) is 4.17. The second-order valence-corrected chi connectivity index (χ2v) is 5.99. The number of aromatic nitrogens is 1. The van der Waals surface area contributed by atoms with Gasteiger partial charge in [-0.2, -0.15) is 0 Å². The Kier molecular flexibility index (Phi) is 4.89. The molecule has 23 heavy (non-hydrogen) atoms. The van der Waals surface area contributed by atoms with Crippen LogP contribution < -0.4 is 10.1 Å². The van der Waals surface area contributed by atoms with Crippen LogP contribution in [0.15, 0.2) is 54.7 Å². The topological polar surface area (TPSA) is 26.2 Å². The molecule has 0 bridgehead atoms. The Hall–Kier alpha value is -1.97. The highest BCUT2D eigenvalue weighted by molar-refractivity contribution is 6.35. The van der Waals surface area contributed by atoms with E-state index in [1.165, 1.54) is 5.56 Å². The van der Waals surface area contributed by atoms with Gasteiger partial charge in [-0.25, -0.2) is 0 Å². The predicted octanol–water partition coefficient (Wildman–Crippen LogP) is 4.50. The number of para-hydroxylation sites is 1. The molecule has 1 atom stereocenters. The van der Waals surface area contributed by atoms with Gasteiger partial charge in [0.05, 0.1) is 23.7 Å². The molecule has 0 spiro atoms. The van der Waals surface area contributed by atoms with Crippen molar-refractivity contribution in [1.29, 1.82) is 0 Å². The van der Waals surface area contributed by atoms with Gasteiger partial charge < -0.3 is 14.6 Å². The Labute approximate surface area is 141 Å². The summed E-state index contributed by atoms with van der Waals surface area (Å²) in [5.41, 5.74) is 2.30. The Morgan fingerprint density at radius 2 is 2.00 bits per heavy atom. The SMILES string of the molecule is CNCCC(c1cccc(OC)c1)n1ccc2cccc(Cl)c21. The maximum atomic E-state index is 6.47. The molecule has 0 saturated carbocycles. The van der Waals surface area contributed by atoms with Crippen LogP contribution in [-0.4, -0.2) is 25.3 Å². The fourth-order valence-electron chi connectivity index (χ4n) is 3.03. The summed E-state index contributed by atoms with van der Waals surface area (Å²) < 4.78 is 7.65. The van der Waals surface area contributed by atoms with Gasteiger partial charge in [-0.3, -0.25) is 0 Å². The maximum absolute atomic E-state index is 6.47. The minimum atomic E-state index is 0.204. The lowest BCUT2D eigenvalue weighted by atomic mass is 10.0. The third kappa shape index (κ3) is 3.21. The van der Waals surface area contributed by atoms with Crippen molar-refractivity contribution in [2.75, 3.05) is 20.7 Å². The molecule has 0 aliphatic carbocycles. The number of hydrogen-bond acceptors (Lipinski definition) is 2. The van der Waals surface area contributed by atoms with Crippen molar-refractivity contribution < 1.29 is 4.74 Å². The second-order valence-electron chi connectivity index (χ2n) is 5.59. The average Bonchev–Trinajstić information content (AvgIpc) is 3.01. The molecule has 3 aromatic rings. The number of benzene rings is 2. The van der Waals surface area contributed by atoms with Gasteiger partial charge in [-0.1, -0.05) is 35.9 Å². The van der Waals surface area contributed by atoms with Gasteiger partial charge in [0, 0.05) is 11.6 Å². The molecule has 4 heteroatoms. The zero-order valence-corrected chi connectivity index (χ0v) is 14.2. The monoisotopic (exact) mass is 328 g/mol. The molecule has 1 unspecified atom stereocenters. The molecule has 0 saturated heterocycles. The summed E-state index contributed by atoms with van der Waals surface area (Å²) in [6.45, 7) is 0.923. The number of fused-ring (bicyclic) bond motifs is 1. The Bertz CT molecular complexity index is 797. The fraction of sp³-hybridized carbons (Fsp3) is 0.263. The van der Waals surface area contributed by atoms with Crippen LogP contribution in [0.25, 0.3) is 10.9 Å². The first-order valence-electron chi connectivity index (χ1n) is 7.78. The number of ether oxygens (including phenoxy) is 1. The molecule has 0 amide bonds. The van der Waals surface area contributed by atoms with E-state index >= 15 is 0 Å². The number of halogens is 1. The Balaban J connectivity index is 2.10. The maximum Gasteiger partial charge on any atom is 0.119 e. The molecule has 120 valence electrons. The van der Waals surface area contributed by atoms with Crippen molar-refractivity contribution in [3.63, 3.8) is 0 Å². The number of nitrogens with zero attached hydrogens (tertiary/aromatic N) is 1. The van der Waals surface area contributed by atoms with Gasteiger partial charge in [0.25, 0.3) is 0 Å².